The molecule has 0 N–H and O–H groups in total. The summed E-state index contributed by atoms with van der Waals surface area (Å²) < 4.78 is 1.84. The Morgan fingerprint density at radius 1 is 1.39 bits per heavy atom. The van der Waals surface area contributed by atoms with E-state index in [-0.39, 0.29) is 11.3 Å². The third kappa shape index (κ3) is 4.32. The van der Waals surface area contributed by atoms with Gasteiger partial charge in [-0.15, -0.1) is 5.06 Å². The van der Waals surface area contributed by atoms with Crippen molar-refractivity contribution in [2.75, 3.05) is 13.1 Å². The van der Waals surface area contributed by atoms with Crippen molar-refractivity contribution >= 4 is 17.6 Å². The molecule has 0 bridgehead atoms. The first-order valence-corrected chi connectivity index (χ1v) is 9.50. The Kier molecular flexibility index (Phi) is 5.68. The van der Waals surface area contributed by atoms with Gasteiger partial charge in [0.25, 0.3) is 0 Å². The fraction of sp³-hybridized carbons (Fsp3) is 0.526. The normalized spacial score (nSPS) is 17.1. The third-order valence-corrected chi connectivity index (χ3v) is 5.06. The van der Waals surface area contributed by atoms with Crippen molar-refractivity contribution in [2.45, 2.75) is 45.6 Å². The maximum atomic E-state index is 12.1. The SMILES string of the molecule is CC(C)(C)C(=O)ON1CCC(CC#N)(n2cc(-c3ccnc(Cl)n3)cn2)CC1. The molecule has 1 aliphatic heterocycles. The van der Waals surface area contributed by atoms with Gasteiger partial charge in [0, 0.05) is 31.0 Å². The molecular formula is C19H23ClN6O2. The average Bonchev–Trinajstić information content (AvgIpc) is 3.14. The maximum Gasteiger partial charge on any atom is 0.330 e. The summed E-state index contributed by atoms with van der Waals surface area (Å²) in [7, 11) is 0. The molecule has 148 valence electrons. The highest BCUT2D eigenvalue weighted by molar-refractivity contribution is 6.28. The van der Waals surface area contributed by atoms with E-state index in [0.29, 0.717) is 38.0 Å². The Morgan fingerprint density at radius 3 is 2.71 bits per heavy atom. The zero-order valence-corrected chi connectivity index (χ0v) is 17.0. The zero-order valence-electron chi connectivity index (χ0n) is 16.2. The van der Waals surface area contributed by atoms with E-state index in [1.165, 1.54) is 0 Å². The van der Waals surface area contributed by atoms with Crippen LogP contribution in [0.5, 0.6) is 0 Å². The molecule has 0 amide bonds. The van der Waals surface area contributed by atoms with Gasteiger partial charge < -0.3 is 4.84 Å². The number of piperidine rings is 1. The third-order valence-electron chi connectivity index (χ3n) is 4.88. The maximum absolute atomic E-state index is 12.1. The summed E-state index contributed by atoms with van der Waals surface area (Å²) in [6.07, 6.45) is 6.79. The quantitative estimate of drug-likeness (QED) is 0.724. The number of hydrogen-bond acceptors (Lipinski definition) is 7. The molecule has 0 atom stereocenters. The minimum absolute atomic E-state index is 0.172. The van der Waals surface area contributed by atoms with E-state index in [9.17, 15) is 10.1 Å². The second kappa shape index (κ2) is 7.86. The summed E-state index contributed by atoms with van der Waals surface area (Å²) in [5.74, 6) is -0.262. The Morgan fingerprint density at radius 2 is 2.11 bits per heavy atom. The van der Waals surface area contributed by atoms with Crippen molar-refractivity contribution in [2.24, 2.45) is 5.41 Å². The van der Waals surface area contributed by atoms with Crippen molar-refractivity contribution in [1.82, 2.24) is 24.8 Å². The molecular weight excluding hydrogens is 380 g/mol. The molecule has 0 saturated carbocycles. The Balaban J connectivity index is 1.76. The first kappa shape index (κ1) is 20.2. The lowest BCUT2D eigenvalue weighted by Gasteiger charge is -2.40. The van der Waals surface area contributed by atoms with E-state index >= 15 is 0 Å². The van der Waals surface area contributed by atoms with Crippen molar-refractivity contribution in [3.8, 4) is 17.3 Å². The first-order chi connectivity index (χ1) is 13.2. The smallest absolute Gasteiger partial charge is 0.330 e. The number of nitriles is 1. The summed E-state index contributed by atoms with van der Waals surface area (Å²) in [6, 6.07) is 4.04. The second-order valence-corrected chi connectivity index (χ2v) is 8.34. The predicted octanol–water partition coefficient (Wildman–Crippen LogP) is 3.20. The molecule has 0 radical (unpaired) electrons. The van der Waals surface area contributed by atoms with Crippen molar-refractivity contribution in [3.05, 3.63) is 29.9 Å². The van der Waals surface area contributed by atoms with Crippen LogP contribution in [-0.4, -0.2) is 43.9 Å². The van der Waals surface area contributed by atoms with Crippen LogP contribution in [0.2, 0.25) is 5.28 Å². The minimum Gasteiger partial charge on any atom is -0.367 e. The Bertz CT molecular complexity index is 890. The summed E-state index contributed by atoms with van der Waals surface area (Å²) >= 11 is 5.88. The van der Waals surface area contributed by atoms with Crippen molar-refractivity contribution in [3.63, 3.8) is 0 Å². The van der Waals surface area contributed by atoms with E-state index in [4.69, 9.17) is 16.4 Å². The summed E-state index contributed by atoms with van der Waals surface area (Å²) in [4.78, 5) is 25.7. The van der Waals surface area contributed by atoms with Gasteiger partial charge in [-0.3, -0.25) is 4.68 Å². The lowest BCUT2D eigenvalue weighted by atomic mass is 9.85. The minimum atomic E-state index is -0.559. The number of halogens is 1. The van der Waals surface area contributed by atoms with Gasteiger partial charge in [0.1, 0.15) is 0 Å². The van der Waals surface area contributed by atoms with Crippen LogP contribution in [0.4, 0.5) is 0 Å². The molecule has 3 rings (SSSR count). The molecule has 0 spiro atoms. The molecule has 1 aliphatic rings. The van der Waals surface area contributed by atoms with E-state index in [2.05, 4.69) is 21.1 Å². The van der Waals surface area contributed by atoms with Crippen LogP contribution < -0.4 is 0 Å². The number of aromatic nitrogens is 4. The molecule has 0 unspecified atom stereocenters. The fourth-order valence-electron chi connectivity index (χ4n) is 3.09. The summed E-state index contributed by atoms with van der Waals surface area (Å²) in [6.45, 7) is 6.55. The van der Waals surface area contributed by atoms with Crippen LogP contribution in [0.15, 0.2) is 24.7 Å². The highest BCUT2D eigenvalue weighted by Gasteiger charge is 2.39. The lowest BCUT2D eigenvalue weighted by Crippen LogP contribution is -2.47. The van der Waals surface area contributed by atoms with Crippen molar-refractivity contribution in [1.29, 1.82) is 5.26 Å². The van der Waals surface area contributed by atoms with Crippen LogP contribution in [0.1, 0.15) is 40.0 Å². The van der Waals surface area contributed by atoms with Gasteiger partial charge in [0.2, 0.25) is 5.28 Å². The highest BCUT2D eigenvalue weighted by atomic mass is 35.5. The fourth-order valence-corrected chi connectivity index (χ4v) is 3.24. The zero-order chi connectivity index (χ0) is 20.4. The Labute approximate surface area is 169 Å². The van der Waals surface area contributed by atoms with Crippen LogP contribution in [0.3, 0.4) is 0 Å². The number of rotatable bonds is 4. The topological polar surface area (TPSA) is 96.9 Å². The molecule has 2 aromatic heterocycles. The van der Waals surface area contributed by atoms with Gasteiger partial charge in [0.05, 0.1) is 35.3 Å². The van der Waals surface area contributed by atoms with Crippen molar-refractivity contribution < 1.29 is 9.63 Å². The van der Waals surface area contributed by atoms with Gasteiger partial charge in [-0.25, -0.2) is 14.8 Å². The van der Waals surface area contributed by atoms with E-state index < -0.39 is 11.0 Å². The van der Waals surface area contributed by atoms with Crippen LogP contribution in [0.25, 0.3) is 11.3 Å². The Hall–Kier alpha value is -2.50. The molecule has 3 heterocycles. The summed E-state index contributed by atoms with van der Waals surface area (Å²) in [5.41, 5.74) is 0.476. The number of hydrogen-bond donors (Lipinski definition) is 0. The van der Waals surface area contributed by atoms with E-state index in [1.54, 1.807) is 23.5 Å². The van der Waals surface area contributed by atoms with E-state index in [1.807, 2.05) is 31.6 Å². The standard InChI is InChI=1S/C19H23ClN6O2/c1-18(2,3)16(27)28-25-10-6-19(5-8-21,7-11-25)26-13-14(12-23-26)15-4-9-22-17(20)24-15/h4,9,12-13H,5-7,10-11H2,1-3H3. The molecule has 28 heavy (non-hydrogen) atoms. The van der Waals surface area contributed by atoms with E-state index in [0.717, 1.165) is 5.56 Å². The molecule has 0 aliphatic carbocycles. The van der Waals surface area contributed by atoms with Gasteiger partial charge in [-0.05, 0) is 51.3 Å². The van der Waals surface area contributed by atoms with Gasteiger partial charge in [0.15, 0.2) is 0 Å². The van der Waals surface area contributed by atoms with Crippen LogP contribution >= 0.6 is 11.6 Å². The number of carbonyl (C=O) groups excluding carboxylic acids is 1. The monoisotopic (exact) mass is 402 g/mol. The molecule has 1 saturated heterocycles. The molecule has 0 aromatic carbocycles. The molecule has 1 fully saturated rings. The first-order valence-electron chi connectivity index (χ1n) is 9.12. The van der Waals surface area contributed by atoms with Crippen LogP contribution in [0, 0.1) is 16.7 Å². The molecule has 2 aromatic rings. The number of nitrogens with zero attached hydrogens (tertiary/aromatic N) is 6. The van der Waals surface area contributed by atoms with Gasteiger partial charge in [-0.1, -0.05) is 0 Å². The van der Waals surface area contributed by atoms with Gasteiger partial charge in [-0.2, -0.15) is 10.4 Å². The molecule has 9 heteroatoms. The molecule has 8 nitrogen and oxygen atoms in total. The summed E-state index contributed by atoms with van der Waals surface area (Å²) in [5, 5.41) is 15.7. The van der Waals surface area contributed by atoms with Crippen LogP contribution in [-0.2, 0) is 15.2 Å². The number of carbonyl (C=O) groups is 1. The highest BCUT2D eigenvalue weighted by Crippen LogP contribution is 2.34. The number of hydroxylamine groups is 2. The second-order valence-electron chi connectivity index (χ2n) is 8.00. The largest absolute Gasteiger partial charge is 0.367 e. The van der Waals surface area contributed by atoms with Gasteiger partial charge >= 0.3 is 5.97 Å². The lowest BCUT2D eigenvalue weighted by molar-refractivity contribution is -0.209. The average molecular weight is 403 g/mol. The predicted molar refractivity (Wildman–Crippen MR) is 103 cm³/mol.